The predicted octanol–water partition coefficient (Wildman–Crippen LogP) is 3.51. The molecule has 3 heterocycles. The molecule has 0 aliphatic heterocycles. The van der Waals surface area contributed by atoms with Gasteiger partial charge in [-0.05, 0) is 29.3 Å². The zero-order valence-corrected chi connectivity index (χ0v) is 17.1. The van der Waals surface area contributed by atoms with Crippen LogP contribution in [0.25, 0.3) is 16.7 Å². The summed E-state index contributed by atoms with van der Waals surface area (Å²) < 4.78 is 7.25. The summed E-state index contributed by atoms with van der Waals surface area (Å²) in [6.45, 7) is 0.377. The first kappa shape index (κ1) is 19.5. The Morgan fingerprint density at radius 1 is 1.00 bits per heavy atom. The number of carbonyl (C=O) groups is 1. The van der Waals surface area contributed by atoms with Gasteiger partial charge in [0.25, 0.3) is 5.91 Å². The minimum absolute atomic E-state index is 0.267. The third-order valence-electron chi connectivity index (χ3n) is 5.19. The van der Waals surface area contributed by atoms with E-state index in [1.54, 1.807) is 6.07 Å². The maximum absolute atomic E-state index is 12.5. The third-order valence-corrected chi connectivity index (χ3v) is 5.19. The number of fused-ring (bicyclic) bond motifs is 1. The first-order chi connectivity index (χ1) is 15.7. The lowest BCUT2D eigenvalue weighted by atomic mass is 10.1. The molecule has 3 N–H and O–H groups in total. The van der Waals surface area contributed by atoms with Crippen LogP contribution in [-0.2, 0) is 13.0 Å². The van der Waals surface area contributed by atoms with Gasteiger partial charge < -0.3 is 20.1 Å². The number of rotatable bonds is 6. The van der Waals surface area contributed by atoms with E-state index >= 15 is 0 Å². The molecule has 8 nitrogen and oxygen atoms in total. The fraction of sp³-hybridized carbons (Fsp3) is 0.0833. The van der Waals surface area contributed by atoms with Crippen LogP contribution in [0.3, 0.4) is 0 Å². The summed E-state index contributed by atoms with van der Waals surface area (Å²) in [5.74, 6) is 0.822. The van der Waals surface area contributed by atoms with Crippen molar-refractivity contribution in [2.75, 3.05) is 5.73 Å². The fourth-order valence-electron chi connectivity index (χ4n) is 3.53. The van der Waals surface area contributed by atoms with Gasteiger partial charge in [0.05, 0.1) is 5.39 Å². The molecule has 0 unspecified atom stereocenters. The molecule has 0 radical (unpaired) electrons. The molecule has 0 fully saturated rings. The third kappa shape index (κ3) is 3.93. The van der Waals surface area contributed by atoms with Crippen molar-refractivity contribution in [1.82, 2.24) is 25.0 Å². The van der Waals surface area contributed by atoms with Crippen LogP contribution in [0.1, 0.15) is 27.4 Å². The molecule has 1 amide bonds. The van der Waals surface area contributed by atoms with Crippen LogP contribution in [0.2, 0.25) is 0 Å². The van der Waals surface area contributed by atoms with E-state index in [0.29, 0.717) is 24.5 Å². The second-order valence-corrected chi connectivity index (χ2v) is 7.37. The van der Waals surface area contributed by atoms with Crippen molar-refractivity contribution in [3.8, 4) is 5.69 Å². The van der Waals surface area contributed by atoms with E-state index in [0.717, 1.165) is 27.8 Å². The smallest absolute Gasteiger partial charge is 0.273 e. The molecule has 0 aliphatic rings. The first-order valence-corrected chi connectivity index (χ1v) is 10.1. The number of hydrogen-bond acceptors (Lipinski definition) is 6. The molecular formula is C24H20N6O2. The highest BCUT2D eigenvalue weighted by molar-refractivity contribution is 5.92. The molecule has 32 heavy (non-hydrogen) atoms. The van der Waals surface area contributed by atoms with Crippen molar-refractivity contribution in [2.24, 2.45) is 0 Å². The largest absolute Gasteiger partial charge is 0.383 e. The molecule has 0 atom stereocenters. The number of amides is 1. The summed E-state index contributed by atoms with van der Waals surface area (Å²) in [6, 6.07) is 21.3. The summed E-state index contributed by atoms with van der Waals surface area (Å²) in [5.41, 5.74) is 9.92. The quantitative estimate of drug-likeness (QED) is 0.431. The standard InChI is InChI=1S/C24H20N6O2/c25-22-20-10-11-30(23(20)28-15-27-22)18-8-6-17(7-9-18)14-26-24(31)21-13-19(32-29-21)12-16-4-2-1-3-5-16/h1-11,13,15H,12,14H2,(H,26,31)(H2,25,27,28). The van der Waals surface area contributed by atoms with Gasteiger partial charge in [0, 0.05) is 30.9 Å². The Morgan fingerprint density at radius 2 is 1.81 bits per heavy atom. The van der Waals surface area contributed by atoms with Gasteiger partial charge in [0.15, 0.2) is 5.69 Å². The molecule has 5 aromatic rings. The van der Waals surface area contributed by atoms with Crippen LogP contribution < -0.4 is 11.1 Å². The molecule has 0 spiro atoms. The van der Waals surface area contributed by atoms with Gasteiger partial charge in [0.1, 0.15) is 23.6 Å². The Bertz CT molecular complexity index is 1370. The molecule has 5 rings (SSSR count). The molecule has 158 valence electrons. The van der Waals surface area contributed by atoms with E-state index in [1.807, 2.05) is 71.4 Å². The van der Waals surface area contributed by atoms with Crippen LogP contribution in [0.5, 0.6) is 0 Å². The summed E-state index contributed by atoms with van der Waals surface area (Å²) in [7, 11) is 0. The van der Waals surface area contributed by atoms with Crippen LogP contribution in [-0.4, -0.2) is 25.6 Å². The Balaban J connectivity index is 1.23. The predicted molar refractivity (Wildman–Crippen MR) is 120 cm³/mol. The Kier molecular flexibility index (Phi) is 5.09. The van der Waals surface area contributed by atoms with Crippen molar-refractivity contribution >= 4 is 22.8 Å². The Hall–Kier alpha value is -4.46. The van der Waals surface area contributed by atoms with Gasteiger partial charge in [-0.25, -0.2) is 9.97 Å². The van der Waals surface area contributed by atoms with Crippen molar-refractivity contribution in [1.29, 1.82) is 0 Å². The van der Waals surface area contributed by atoms with Crippen molar-refractivity contribution in [2.45, 2.75) is 13.0 Å². The van der Waals surface area contributed by atoms with E-state index < -0.39 is 0 Å². The van der Waals surface area contributed by atoms with E-state index in [1.165, 1.54) is 6.33 Å². The van der Waals surface area contributed by atoms with Gasteiger partial charge in [-0.1, -0.05) is 47.6 Å². The molecule has 0 bridgehead atoms. The SMILES string of the molecule is Nc1ncnc2c1ccn2-c1ccc(CNC(=O)c2cc(Cc3ccccc3)on2)cc1. The minimum atomic E-state index is -0.277. The van der Waals surface area contributed by atoms with E-state index in [9.17, 15) is 4.79 Å². The zero-order chi connectivity index (χ0) is 21.9. The number of aromatic nitrogens is 4. The summed E-state index contributed by atoms with van der Waals surface area (Å²) in [5, 5.41) is 7.58. The van der Waals surface area contributed by atoms with E-state index in [2.05, 4.69) is 20.4 Å². The normalized spacial score (nSPS) is 11.0. The van der Waals surface area contributed by atoms with Crippen LogP contribution in [0.15, 0.2) is 83.8 Å². The van der Waals surface area contributed by atoms with Gasteiger partial charge in [-0.3, -0.25) is 4.79 Å². The number of nitrogens with two attached hydrogens (primary N) is 1. The van der Waals surface area contributed by atoms with Gasteiger partial charge >= 0.3 is 0 Å². The van der Waals surface area contributed by atoms with Crippen LogP contribution in [0.4, 0.5) is 5.82 Å². The Labute approximate surface area is 183 Å². The highest BCUT2D eigenvalue weighted by Crippen LogP contribution is 2.22. The molecule has 0 saturated carbocycles. The number of nitrogen functional groups attached to an aromatic ring is 1. The second kappa shape index (κ2) is 8.35. The summed E-state index contributed by atoms with van der Waals surface area (Å²) >= 11 is 0. The zero-order valence-electron chi connectivity index (χ0n) is 17.1. The monoisotopic (exact) mass is 424 g/mol. The number of carbonyl (C=O) groups excluding carboxylic acids is 1. The number of hydrogen-bond donors (Lipinski definition) is 2. The summed E-state index contributed by atoms with van der Waals surface area (Å²) in [4.78, 5) is 20.8. The second-order valence-electron chi connectivity index (χ2n) is 7.37. The number of nitrogens with zero attached hydrogens (tertiary/aromatic N) is 4. The average Bonchev–Trinajstić information content (AvgIpc) is 3.47. The van der Waals surface area contributed by atoms with Crippen molar-refractivity contribution < 1.29 is 9.32 Å². The average molecular weight is 424 g/mol. The molecule has 0 aliphatic carbocycles. The Morgan fingerprint density at radius 3 is 2.62 bits per heavy atom. The topological polar surface area (TPSA) is 112 Å². The minimum Gasteiger partial charge on any atom is -0.383 e. The van der Waals surface area contributed by atoms with Gasteiger partial charge in [-0.15, -0.1) is 0 Å². The number of nitrogens with one attached hydrogen (secondary N) is 1. The molecule has 0 saturated heterocycles. The molecule has 3 aromatic heterocycles. The molecule has 2 aromatic carbocycles. The van der Waals surface area contributed by atoms with Crippen molar-refractivity contribution in [3.05, 3.63) is 102 Å². The highest BCUT2D eigenvalue weighted by Gasteiger charge is 2.13. The summed E-state index contributed by atoms with van der Waals surface area (Å²) in [6.07, 6.45) is 3.95. The maximum Gasteiger partial charge on any atom is 0.273 e. The van der Waals surface area contributed by atoms with Crippen molar-refractivity contribution in [3.63, 3.8) is 0 Å². The molecule has 8 heteroatoms. The van der Waals surface area contributed by atoms with E-state index in [4.69, 9.17) is 10.3 Å². The first-order valence-electron chi connectivity index (χ1n) is 10.1. The lowest BCUT2D eigenvalue weighted by Gasteiger charge is -2.07. The van der Waals surface area contributed by atoms with Gasteiger partial charge in [-0.2, -0.15) is 0 Å². The number of benzene rings is 2. The highest BCUT2D eigenvalue weighted by atomic mass is 16.5. The van der Waals surface area contributed by atoms with Crippen LogP contribution in [0, 0.1) is 0 Å². The lowest BCUT2D eigenvalue weighted by Crippen LogP contribution is -2.23. The van der Waals surface area contributed by atoms with E-state index in [-0.39, 0.29) is 11.6 Å². The van der Waals surface area contributed by atoms with Gasteiger partial charge in [0.2, 0.25) is 0 Å². The molecular weight excluding hydrogens is 404 g/mol. The van der Waals surface area contributed by atoms with Crippen LogP contribution >= 0.6 is 0 Å². The lowest BCUT2D eigenvalue weighted by molar-refractivity contribution is 0.0941. The number of anilines is 1. The fourth-order valence-corrected chi connectivity index (χ4v) is 3.53. The maximum atomic E-state index is 12.5.